The number of rotatable bonds is 2. The molecule has 0 N–H and O–H groups in total. The van der Waals surface area contributed by atoms with Crippen LogP contribution in [0.15, 0.2) is 30.3 Å². The molecule has 0 unspecified atom stereocenters. The molecule has 1 aromatic rings. The SMILES string of the molecule is CC1(C)C[C@@H](OC(=O)c2ccccc2)[C@H]2CCCC[C@]2(C)N1[O]. The molecule has 0 spiro atoms. The van der Waals surface area contributed by atoms with Gasteiger partial charge in [0.15, 0.2) is 0 Å². The van der Waals surface area contributed by atoms with Crippen LogP contribution in [0.1, 0.15) is 63.2 Å². The number of benzene rings is 1. The molecule has 1 saturated heterocycles. The van der Waals surface area contributed by atoms with Crippen LogP contribution < -0.4 is 0 Å². The van der Waals surface area contributed by atoms with E-state index in [9.17, 15) is 10.0 Å². The summed E-state index contributed by atoms with van der Waals surface area (Å²) in [6.07, 6.45) is 4.42. The fourth-order valence-electron chi connectivity index (χ4n) is 4.49. The van der Waals surface area contributed by atoms with E-state index in [1.165, 1.54) is 5.06 Å². The van der Waals surface area contributed by atoms with Gasteiger partial charge < -0.3 is 4.74 Å². The van der Waals surface area contributed by atoms with Crippen LogP contribution in [-0.2, 0) is 9.94 Å². The lowest BCUT2D eigenvalue weighted by atomic mass is 9.64. The summed E-state index contributed by atoms with van der Waals surface area (Å²) in [7, 11) is 0. The molecular formula is C19H26NO3. The largest absolute Gasteiger partial charge is 0.458 e. The number of ether oxygens (including phenoxy) is 1. The zero-order valence-electron chi connectivity index (χ0n) is 14.2. The van der Waals surface area contributed by atoms with E-state index in [0.717, 1.165) is 25.7 Å². The lowest BCUT2D eigenvalue weighted by Gasteiger charge is -2.57. The zero-order chi connectivity index (χ0) is 16.7. The molecule has 0 aromatic heterocycles. The number of piperidine rings is 1. The van der Waals surface area contributed by atoms with E-state index < -0.39 is 11.1 Å². The molecule has 0 bridgehead atoms. The van der Waals surface area contributed by atoms with Gasteiger partial charge in [-0.3, -0.25) is 0 Å². The maximum atomic E-state index is 12.9. The van der Waals surface area contributed by atoms with Crippen molar-refractivity contribution in [1.82, 2.24) is 5.06 Å². The van der Waals surface area contributed by atoms with Gasteiger partial charge in [0.25, 0.3) is 0 Å². The quantitative estimate of drug-likeness (QED) is 0.775. The summed E-state index contributed by atoms with van der Waals surface area (Å²) in [6.45, 7) is 5.97. The van der Waals surface area contributed by atoms with Crippen molar-refractivity contribution < 1.29 is 14.7 Å². The Morgan fingerprint density at radius 1 is 1.17 bits per heavy atom. The van der Waals surface area contributed by atoms with Crippen molar-refractivity contribution in [3.63, 3.8) is 0 Å². The van der Waals surface area contributed by atoms with Crippen LogP contribution in [0.5, 0.6) is 0 Å². The molecule has 1 heterocycles. The summed E-state index contributed by atoms with van der Waals surface area (Å²) in [4.78, 5) is 12.5. The van der Waals surface area contributed by atoms with Crippen molar-refractivity contribution in [3.05, 3.63) is 35.9 Å². The first-order valence-electron chi connectivity index (χ1n) is 8.58. The lowest BCUT2D eigenvalue weighted by Crippen LogP contribution is -2.67. The van der Waals surface area contributed by atoms with Crippen molar-refractivity contribution in [3.8, 4) is 0 Å². The molecular weight excluding hydrogens is 290 g/mol. The summed E-state index contributed by atoms with van der Waals surface area (Å²) in [5.74, 6) is -0.159. The van der Waals surface area contributed by atoms with E-state index in [0.29, 0.717) is 12.0 Å². The average molecular weight is 316 g/mol. The number of hydrogen-bond donors (Lipinski definition) is 0. The van der Waals surface area contributed by atoms with Crippen molar-refractivity contribution >= 4 is 5.97 Å². The summed E-state index contributed by atoms with van der Waals surface area (Å²) in [5.41, 5.74) is -0.362. The summed E-state index contributed by atoms with van der Waals surface area (Å²) in [5, 5.41) is 14.2. The normalized spacial score (nSPS) is 33.7. The van der Waals surface area contributed by atoms with E-state index in [2.05, 4.69) is 0 Å². The molecule has 1 aliphatic carbocycles. The molecule has 125 valence electrons. The predicted octanol–water partition coefficient (Wildman–Crippen LogP) is 3.99. The van der Waals surface area contributed by atoms with Gasteiger partial charge in [-0.15, -0.1) is 10.3 Å². The Morgan fingerprint density at radius 3 is 2.57 bits per heavy atom. The van der Waals surface area contributed by atoms with Gasteiger partial charge in [-0.2, -0.15) is 0 Å². The highest BCUT2D eigenvalue weighted by Crippen LogP contribution is 2.49. The molecule has 1 aliphatic heterocycles. The van der Waals surface area contributed by atoms with Gasteiger partial charge in [0.05, 0.1) is 11.1 Å². The van der Waals surface area contributed by atoms with Crippen LogP contribution in [0.2, 0.25) is 0 Å². The fraction of sp³-hybridized carbons (Fsp3) is 0.632. The molecule has 1 aromatic carbocycles. The summed E-state index contributed by atoms with van der Waals surface area (Å²) in [6, 6.07) is 9.11. The topological polar surface area (TPSA) is 49.4 Å². The van der Waals surface area contributed by atoms with Crippen molar-refractivity contribution in [2.24, 2.45) is 5.92 Å². The Bertz CT molecular complexity index is 571. The van der Waals surface area contributed by atoms with Gasteiger partial charge in [-0.1, -0.05) is 31.0 Å². The minimum absolute atomic E-state index is 0.120. The zero-order valence-corrected chi connectivity index (χ0v) is 14.2. The third-order valence-electron chi connectivity index (χ3n) is 5.68. The van der Waals surface area contributed by atoms with E-state index in [1.807, 2.05) is 39.0 Å². The van der Waals surface area contributed by atoms with E-state index in [-0.39, 0.29) is 18.0 Å². The second-order valence-corrected chi connectivity index (χ2v) is 7.83. The van der Waals surface area contributed by atoms with Crippen molar-refractivity contribution in [2.45, 2.75) is 70.1 Å². The highest BCUT2D eigenvalue weighted by Gasteiger charge is 2.56. The lowest BCUT2D eigenvalue weighted by molar-refractivity contribution is -0.326. The molecule has 3 rings (SSSR count). The fourth-order valence-corrected chi connectivity index (χ4v) is 4.49. The first-order valence-corrected chi connectivity index (χ1v) is 8.58. The monoisotopic (exact) mass is 316 g/mol. The van der Waals surface area contributed by atoms with E-state index in [4.69, 9.17) is 4.74 Å². The summed E-state index contributed by atoms with van der Waals surface area (Å²) < 4.78 is 5.89. The van der Waals surface area contributed by atoms with Gasteiger partial charge in [-0.05, 0) is 45.7 Å². The van der Waals surface area contributed by atoms with Crippen LogP contribution in [0.4, 0.5) is 0 Å². The Balaban J connectivity index is 1.84. The third kappa shape index (κ3) is 2.90. The molecule has 4 nitrogen and oxygen atoms in total. The highest BCUT2D eigenvalue weighted by molar-refractivity contribution is 5.89. The van der Waals surface area contributed by atoms with Gasteiger partial charge >= 0.3 is 5.97 Å². The van der Waals surface area contributed by atoms with Gasteiger partial charge in [0.1, 0.15) is 6.10 Å². The standard InChI is InChI=1S/C19H26NO3/c1-18(2)13-16(23-17(21)14-9-5-4-6-10-14)15-11-7-8-12-19(15,3)20(18)22/h4-6,9-10,15-16H,7-8,11-13H2,1-3H3/t15-,16-,19+/m1/s1. The van der Waals surface area contributed by atoms with Crippen LogP contribution in [0, 0.1) is 5.92 Å². The molecule has 1 radical (unpaired) electrons. The number of hydroxylamine groups is 2. The molecule has 0 amide bonds. The molecule has 2 aliphatic rings. The maximum Gasteiger partial charge on any atom is 0.338 e. The van der Waals surface area contributed by atoms with Crippen LogP contribution >= 0.6 is 0 Å². The molecule has 1 saturated carbocycles. The number of carbonyl (C=O) groups is 1. The van der Waals surface area contributed by atoms with Crippen LogP contribution in [-0.4, -0.2) is 28.2 Å². The second kappa shape index (κ2) is 5.91. The van der Waals surface area contributed by atoms with E-state index in [1.54, 1.807) is 12.1 Å². The number of carbonyl (C=O) groups excluding carboxylic acids is 1. The van der Waals surface area contributed by atoms with Gasteiger partial charge in [-0.25, -0.2) is 4.79 Å². The molecule has 23 heavy (non-hydrogen) atoms. The number of nitrogens with zero attached hydrogens (tertiary/aromatic N) is 1. The number of fused-ring (bicyclic) bond motifs is 1. The van der Waals surface area contributed by atoms with Gasteiger partial charge in [0.2, 0.25) is 0 Å². The highest BCUT2D eigenvalue weighted by atomic mass is 16.5. The van der Waals surface area contributed by atoms with E-state index >= 15 is 0 Å². The van der Waals surface area contributed by atoms with Crippen molar-refractivity contribution in [1.29, 1.82) is 0 Å². The minimum Gasteiger partial charge on any atom is -0.458 e. The van der Waals surface area contributed by atoms with Crippen LogP contribution in [0.25, 0.3) is 0 Å². The van der Waals surface area contributed by atoms with Gasteiger partial charge in [0, 0.05) is 17.9 Å². The Labute approximate surface area is 138 Å². The second-order valence-electron chi connectivity index (χ2n) is 7.83. The third-order valence-corrected chi connectivity index (χ3v) is 5.68. The average Bonchev–Trinajstić information content (AvgIpc) is 2.53. The molecule has 2 fully saturated rings. The smallest absolute Gasteiger partial charge is 0.338 e. The molecule has 3 atom stereocenters. The number of esters is 1. The first kappa shape index (κ1) is 16.5. The van der Waals surface area contributed by atoms with Crippen LogP contribution in [0.3, 0.4) is 0 Å². The minimum atomic E-state index is -0.510. The summed E-state index contributed by atoms with van der Waals surface area (Å²) >= 11 is 0. The number of hydrogen-bond acceptors (Lipinski definition) is 3. The Hall–Kier alpha value is -1.39. The predicted molar refractivity (Wildman–Crippen MR) is 87.2 cm³/mol. The Morgan fingerprint density at radius 2 is 1.87 bits per heavy atom. The Kier molecular flexibility index (Phi) is 4.23. The van der Waals surface area contributed by atoms with Crippen molar-refractivity contribution in [2.75, 3.05) is 0 Å². The molecule has 4 heteroatoms. The first-order chi connectivity index (χ1) is 10.8. The maximum absolute atomic E-state index is 12.9.